The lowest BCUT2D eigenvalue weighted by Gasteiger charge is -2.36. The molecular formula is C12H22N2. The van der Waals surface area contributed by atoms with Crippen LogP contribution in [0.4, 0.5) is 0 Å². The van der Waals surface area contributed by atoms with E-state index in [1.807, 2.05) is 0 Å². The number of nitrogens with zero attached hydrogens (tertiary/aromatic N) is 2. The molecule has 0 aliphatic heterocycles. The molecule has 1 atom stereocenters. The minimum Gasteiger partial charge on any atom is -0.285 e. The molecule has 2 nitrogen and oxygen atoms in total. The summed E-state index contributed by atoms with van der Waals surface area (Å²) < 4.78 is 0. The van der Waals surface area contributed by atoms with Crippen molar-refractivity contribution in [3.63, 3.8) is 0 Å². The molecule has 2 heteroatoms. The molecule has 0 heterocycles. The summed E-state index contributed by atoms with van der Waals surface area (Å²) in [6.45, 7) is 5.31. The van der Waals surface area contributed by atoms with E-state index in [2.05, 4.69) is 24.8 Å². The first-order chi connectivity index (χ1) is 6.83. The molecule has 1 fully saturated rings. The molecule has 0 N–H and O–H groups in total. The van der Waals surface area contributed by atoms with Gasteiger partial charge in [0.05, 0.1) is 12.1 Å². The summed E-state index contributed by atoms with van der Waals surface area (Å²) in [7, 11) is 0. The van der Waals surface area contributed by atoms with Crippen molar-refractivity contribution in [2.75, 3.05) is 6.54 Å². The van der Waals surface area contributed by atoms with Gasteiger partial charge in [0, 0.05) is 6.04 Å². The Bertz CT molecular complexity index is 189. The van der Waals surface area contributed by atoms with Crippen molar-refractivity contribution < 1.29 is 0 Å². The Hall–Kier alpha value is -0.550. The van der Waals surface area contributed by atoms with E-state index in [1.54, 1.807) is 0 Å². The largest absolute Gasteiger partial charge is 0.285 e. The summed E-state index contributed by atoms with van der Waals surface area (Å²) in [6.07, 6.45) is 7.64. The predicted octanol–water partition coefficient (Wildman–Crippen LogP) is 2.94. The Morgan fingerprint density at radius 2 is 1.93 bits per heavy atom. The summed E-state index contributed by atoms with van der Waals surface area (Å²) in [5.41, 5.74) is 0. The lowest BCUT2D eigenvalue weighted by molar-refractivity contribution is 0.133. The van der Waals surface area contributed by atoms with Crippen molar-refractivity contribution in [3.05, 3.63) is 0 Å². The van der Waals surface area contributed by atoms with Gasteiger partial charge in [-0.15, -0.1) is 0 Å². The maximum Gasteiger partial charge on any atom is 0.0977 e. The standard InChI is InChI=1S/C12H22N2/c1-3-11(10-13)14(4-2)12-8-6-5-7-9-12/h11-12H,3-9H2,1-2H3. The minimum atomic E-state index is 0.142. The fourth-order valence-electron chi connectivity index (χ4n) is 2.55. The van der Waals surface area contributed by atoms with Gasteiger partial charge in [0.2, 0.25) is 0 Å². The first kappa shape index (κ1) is 11.5. The lowest BCUT2D eigenvalue weighted by Crippen LogP contribution is -2.43. The van der Waals surface area contributed by atoms with E-state index in [9.17, 15) is 0 Å². The van der Waals surface area contributed by atoms with Crippen LogP contribution in [-0.2, 0) is 0 Å². The highest BCUT2D eigenvalue weighted by Crippen LogP contribution is 2.24. The van der Waals surface area contributed by atoms with Gasteiger partial charge < -0.3 is 0 Å². The highest BCUT2D eigenvalue weighted by Gasteiger charge is 2.24. The van der Waals surface area contributed by atoms with Crippen LogP contribution in [0, 0.1) is 11.3 Å². The minimum absolute atomic E-state index is 0.142. The van der Waals surface area contributed by atoms with E-state index in [0.717, 1.165) is 13.0 Å². The molecule has 1 aliphatic carbocycles. The van der Waals surface area contributed by atoms with Gasteiger partial charge in [-0.1, -0.05) is 33.1 Å². The SMILES string of the molecule is CCC(C#N)N(CC)C1CCCCC1. The summed E-state index contributed by atoms with van der Waals surface area (Å²) in [5, 5.41) is 9.07. The average molecular weight is 194 g/mol. The topological polar surface area (TPSA) is 27.0 Å². The van der Waals surface area contributed by atoms with Gasteiger partial charge in [-0.2, -0.15) is 5.26 Å². The van der Waals surface area contributed by atoms with Gasteiger partial charge in [-0.3, -0.25) is 4.90 Å². The third-order valence-corrected chi connectivity index (χ3v) is 3.34. The second-order valence-electron chi connectivity index (χ2n) is 4.18. The van der Waals surface area contributed by atoms with Crippen molar-refractivity contribution >= 4 is 0 Å². The quantitative estimate of drug-likeness (QED) is 0.688. The van der Waals surface area contributed by atoms with E-state index < -0.39 is 0 Å². The van der Waals surface area contributed by atoms with E-state index >= 15 is 0 Å². The van der Waals surface area contributed by atoms with Crippen molar-refractivity contribution in [1.29, 1.82) is 5.26 Å². The highest BCUT2D eigenvalue weighted by atomic mass is 15.2. The van der Waals surface area contributed by atoms with Crippen molar-refractivity contribution in [3.8, 4) is 6.07 Å². The van der Waals surface area contributed by atoms with Gasteiger partial charge in [0.1, 0.15) is 0 Å². The van der Waals surface area contributed by atoms with Crippen LogP contribution < -0.4 is 0 Å². The maximum absolute atomic E-state index is 9.07. The van der Waals surface area contributed by atoms with Crippen LogP contribution in [-0.4, -0.2) is 23.5 Å². The molecule has 1 aliphatic rings. The Kier molecular flexibility index (Phi) is 4.97. The van der Waals surface area contributed by atoms with Gasteiger partial charge in [0.15, 0.2) is 0 Å². The monoisotopic (exact) mass is 194 g/mol. The van der Waals surface area contributed by atoms with Crippen molar-refractivity contribution in [2.24, 2.45) is 0 Å². The van der Waals surface area contributed by atoms with Gasteiger partial charge in [-0.05, 0) is 25.8 Å². The van der Waals surface area contributed by atoms with Gasteiger partial charge in [-0.25, -0.2) is 0 Å². The molecule has 80 valence electrons. The normalized spacial score (nSPS) is 20.7. The van der Waals surface area contributed by atoms with E-state index in [4.69, 9.17) is 5.26 Å². The second-order valence-corrected chi connectivity index (χ2v) is 4.18. The van der Waals surface area contributed by atoms with E-state index in [-0.39, 0.29) is 6.04 Å². The highest BCUT2D eigenvalue weighted by molar-refractivity contribution is 4.93. The molecular weight excluding hydrogens is 172 g/mol. The second kappa shape index (κ2) is 6.03. The number of hydrogen-bond acceptors (Lipinski definition) is 2. The maximum atomic E-state index is 9.07. The zero-order chi connectivity index (χ0) is 10.4. The summed E-state index contributed by atoms with van der Waals surface area (Å²) >= 11 is 0. The lowest BCUT2D eigenvalue weighted by atomic mass is 9.93. The molecule has 1 saturated carbocycles. The number of rotatable bonds is 4. The summed E-state index contributed by atoms with van der Waals surface area (Å²) in [5.74, 6) is 0. The molecule has 0 aromatic carbocycles. The van der Waals surface area contributed by atoms with Gasteiger partial charge >= 0.3 is 0 Å². The Labute approximate surface area is 87.9 Å². The smallest absolute Gasteiger partial charge is 0.0977 e. The van der Waals surface area contributed by atoms with Gasteiger partial charge in [0.25, 0.3) is 0 Å². The number of hydrogen-bond donors (Lipinski definition) is 0. The first-order valence-electron chi connectivity index (χ1n) is 5.98. The van der Waals surface area contributed by atoms with Crippen LogP contribution in [0.5, 0.6) is 0 Å². The molecule has 14 heavy (non-hydrogen) atoms. The number of nitriles is 1. The van der Waals surface area contributed by atoms with Crippen molar-refractivity contribution in [1.82, 2.24) is 4.90 Å². The van der Waals surface area contributed by atoms with Crippen LogP contribution in [0.3, 0.4) is 0 Å². The zero-order valence-corrected chi connectivity index (χ0v) is 9.50. The third-order valence-electron chi connectivity index (χ3n) is 3.34. The van der Waals surface area contributed by atoms with E-state index in [0.29, 0.717) is 6.04 Å². The molecule has 0 radical (unpaired) electrons. The molecule has 0 spiro atoms. The van der Waals surface area contributed by atoms with Crippen LogP contribution in [0.15, 0.2) is 0 Å². The Morgan fingerprint density at radius 3 is 2.36 bits per heavy atom. The molecule has 0 bridgehead atoms. The first-order valence-corrected chi connectivity index (χ1v) is 5.98. The Balaban J connectivity index is 2.55. The molecule has 1 unspecified atom stereocenters. The van der Waals surface area contributed by atoms with Crippen LogP contribution in [0.1, 0.15) is 52.4 Å². The fourth-order valence-corrected chi connectivity index (χ4v) is 2.55. The van der Waals surface area contributed by atoms with Crippen LogP contribution in [0.2, 0.25) is 0 Å². The molecule has 0 aromatic rings. The van der Waals surface area contributed by atoms with Crippen LogP contribution >= 0.6 is 0 Å². The molecule has 1 rings (SSSR count). The Morgan fingerprint density at radius 1 is 1.29 bits per heavy atom. The summed E-state index contributed by atoms with van der Waals surface area (Å²) in [6, 6.07) is 3.25. The van der Waals surface area contributed by atoms with Crippen LogP contribution in [0.25, 0.3) is 0 Å². The molecule has 0 amide bonds. The van der Waals surface area contributed by atoms with E-state index in [1.165, 1.54) is 32.1 Å². The molecule has 0 aromatic heterocycles. The fraction of sp³-hybridized carbons (Fsp3) is 0.917. The third kappa shape index (κ3) is 2.72. The van der Waals surface area contributed by atoms with Crippen molar-refractivity contribution in [2.45, 2.75) is 64.5 Å². The average Bonchev–Trinajstić information content (AvgIpc) is 2.27. The predicted molar refractivity (Wildman–Crippen MR) is 58.9 cm³/mol. The zero-order valence-electron chi connectivity index (χ0n) is 9.50. The molecule has 0 saturated heterocycles. The summed E-state index contributed by atoms with van der Waals surface area (Å²) in [4.78, 5) is 2.40.